The minimum atomic E-state index is -0.854. The van der Waals surface area contributed by atoms with Crippen molar-refractivity contribution < 1.29 is 14.7 Å². The van der Waals surface area contributed by atoms with Crippen LogP contribution in [0.15, 0.2) is 17.5 Å². The molecule has 3 heterocycles. The van der Waals surface area contributed by atoms with Crippen molar-refractivity contribution in [1.82, 2.24) is 4.90 Å². The summed E-state index contributed by atoms with van der Waals surface area (Å²) in [7, 11) is 0. The summed E-state index contributed by atoms with van der Waals surface area (Å²) in [5.74, 6) is -0.836. The molecule has 1 aromatic rings. The molecule has 3 rings (SSSR count). The van der Waals surface area contributed by atoms with E-state index in [0.717, 1.165) is 25.7 Å². The molecule has 102 valence electrons. The van der Waals surface area contributed by atoms with Gasteiger partial charge in [-0.3, -0.25) is 4.79 Å². The van der Waals surface area contributed by atoms with Crippen LogP contribution in [0.5, 0.6) is 0 Å². The fourth-order valence-corrected chi connectivity index (χ4v) is 4.12. The van der Waals surface area contributed by atoms with Gasteiger partial charge in [0.05, 0.1) is 0 Å². The summed E-state index contributed by atoms with van der Waals surface area (Å²) in [6.45, 7) is 0. The first kappa shape index (κ1) is 12.7. The first-order valence-corrected chi connectivity index (χ1v) is 7.62. The third-order valence-corrected chi connectivity index (χ3v) is 5.17. The van der Waals surface area contributed by atoms with Crippen LogP contribution in [0.3, 0.4) is 0 Å². The highest BCUT2D eigenvalue weighted by Gasteiger charge is 2.45. The zero-order valence-corrected chi connectivity index (χ0v) is 11.4. The summed E-state index contributed by atoms with van der Waals surface area (Å²) in [6.07, 6.45) is 4.05. The normalized spacial score (nSPS) is 30.4. The van der Waals surface area contributed by atoms with E-state index in [9.17, 15) is 14.7 Å². The van der Waals surface area contributed by atoms with E-state index in [1.807, 2.05) is 17.5 Å². The van der Waals surface area contributed by atoms with Crippen molar-refractivity contribution in [2.24, 2.45) is 5.92 Å². The molecule has 19 heavy (non-hydrogen) atoms. The topological polar surface area (TPSA) is 57.6 Å². The Morgan fingerprint density at radius 2 is 2.16 bits per heavy atom. The number of nitrogens with zero attached hydrogens (tertiary/aromatic N) is 1. The molecular weight excluding hydrogens is 262 g/mol. The summed E-state index contributed by atoms with van der Waals surface area (Å²) in [4.78, 5) is 26.6. The largest absolute Gasteiger partial charge is 0.480 e. The van der Waals surface area contributed by atoms with Crippen LogP contribution in [0.1, 0.15) is 30.6 Å². The van der Waals surface area contributed by atoms with Crippen LogP contribution in [0.25, 0.3) is 0 Å². The molecule has 5 heteroatoms. The lowest BCUT2D eigenvalue weighted by atomic mass is 9.89. The zero-order valence-electron chi connectivity index (χ0n) is 10.6. The second kappa shape index (κ2) is 4.96. The average Bonchev–Trinajstić information content (AvgIpc) is 3.01. The fraction of sp³-hybridized carbons (Fsp3) is 0.571. The highest BCUT2D eigenvalue weighted by Crippen LogP contribution is 2.36. The van der Waals surface area contributed by atoms with Crippen molar-refractivity contribution in [1.29, 1.82) is 0 Å². The number of hydrogen-bond acceptors (Lipinski definition) is 3. The Hall–Kier alpha value is -1.36. The fourth-order valence-electron chi connectivity index (χ4n) is 3.33. The van der Waals surface area contributed by atoms with Crippen molar-refractivity contribution in [3.63, 3.8) is 0 Å². The quantitative estimate of drug-likeness (QED) is 0.922. The molecule has 1 amide bonds. The van der Waals surface area contributed by atoms with E-state index in [-0.39, 0.29) is 17.9 Å². The number of rotatable bonds is 3. The van der Waals surface area contributed by atoms with Gasteiger partial charge in [-0.25, -0.2) is 4.79 Å². The number of piperidine rings is 1. The lowest BCUT2D eigenvalue weighted by Crippen LogP contribution is -2.51. The minimum absolute atomic E-state index is 0.0325. The number of carboxylic acids is 1. The van der Waals surface area contributed by atoms with Crippen LogP contribution >= 0.6 is 11.3 Å². The molecular formula is C14H17NO3S. The SMILES string of the molecule is O=C(O)C1CCC2CCC(Cc3cccs3)C(=O)N21. The molecule has 0 radical (unpaired) electrons. The van der Waals surface area contributed by atoms with Gasteiger partial charge in [0.25, 0.3) is 0 Å². The molecule has 3 unspecified atom stereocenters. The Morgan fingerprint density at radius 3 is 2.84 bits per heavy atom. The number of carboxylic acid groups (broad SMARTS) is 1. The Morgan fingerprint density at radius 1 is 1.37 bits per heavy atom. The molecule has 4 nitrogen and oxygen atoms in total. The number of aliphatic carboxylic acids is 1. The summed E-state index contributed by atoms with van der Waals surface area (Å²) < 4.78 is 0. The van der Waals surface area contributed by atoms with Crippen molar-refractivity contribution in [3.05, 3.63) is 22.4 Å². The minimum Gasteiger partial charge on any atom is -0.480 e. The second-order valence-electron chi connectivity index (χ2n) is 5.39. The van der Waals surface area contributed by atoms with Gasteiger partial charge in [0.2, 0.25) is 5.91 Å². The maximum absolute atomic E-state index is 12.5. The first-order valence-electron chi connectivity index (χ1n) is 6.74. The van der Waals surface area contributed by atoms with Gasteiger partial charge in [-0.2, -0.15) is 0 Å². The molecule has 1 aromatic heterocycles. The highest BCUT2D eigenvalue weighted by atomic mass is 32.1. The number of carbonyl (C=O) groups is 2. The molecule has 2 fully saturated rings. The van der Waals surface area contributed by atoms with Crippen molar-refractivity contribution in [3.8, 4) is 0 Å². The van der Waals surface area contributed by atoms with Crippen molar-refractivity contribution >= 4 is 23.2 Å². The van der Waals surface area contributed by atoms with Crippen LogP contribution in [-0.2, 0) is 16.0 Å². The van der Waals surface area contributed by atoms with E-state index in [1.54, 1.807) is 16.2 Å². The van der Waals surface area contributed by atoms with E-state index in [4.69, 9.17) is 0 Å². The van der Waals surface area contributed by atoms with E-state index in [1.165, 1.54) is 4.88 Å². The van der Waals surface area contributed by atoms with E-state index >= 15 is 0 Å². The van der Waals surface area contributed by atoms with Crippen LogP contribution in [0, 0.1) is 5.92 Å². The smallest absolute Gasteiger partial charge is 0.326 e. The van der Waals surface area contributed by atoms with Gasteiger partial charge in [-0.15, -0.1) is 11.3 Å². The summed E-state index contributed by atoms with van der Waals surface area (Å²) in [5, 5.41) is 11.2. The van der Waals surface area contributed by atoms with Gasteiger partial charge in [-0.1, -0.05) is 6.07 Å². The van der Waals surface area contributed by atoms with E-state index in [2.05, 4.69) is 0 Å². The van der Waals surface area contributed by atoms with Gasteiger partial charge < -0.3 is 10.0 Å². The van der Waals surface area contributed by atoms with Crippen molar-refractivity contribution in [2.45, 2.75) is 44.2 Å². The monoisotopic (exact) mass is 279 g/mol. The van der Waals surface area contributed by atoms with Crippen LogP contribution in [-0.4, -0.2) is 34.0 Å². The molecule has 2 saturated heterocycles. The van der Waals surface area contributed by atoms with Gasteiger partial charge in [0.1, 0.15) is 6.04 Å². The summed E-state index contributed by atoms with van der Waals surface area (Å²) >= 11 is 1.66. The Labute approximate surface area is 116 Å². The van der Waals surface area contributed by atoms with E-state index in [0.29, 0.717) is 6.42 Å². The lowest BCUT2D eigenvalue weighted by Gasteiger charge is -2.36. The van der Waals surface area contributed by atoms with Crippen LogP contribution in [0.4, 0.5) is 0 Å². The predicted octanol–water partition coefficient (Wildman–Crippen LogP) is 2.14. The number of fused-ring (bicyclic) bond motifs is 1. The molecule has 3 atom stereocenters. The van der Waals surface area contributed by atoms with Crippen LogP contribution in [0.2, 0.25) is 0 Å². The number of thiophene rings is 1. The second-order valence-corrected chi connectivity index (χ2v) is 6.42. The van der Waals surface area contributed by atoms with Gasteiger partial charge in [0, 0.05) is 16.8 Å². The third kappa shape index (κ3) is 2.27. The third-order valence-electron chi connectivity index (χ3n) is 4.27. The molecule has 0 bridgehead atoms. The maximum Gasteiger partial charge on any atom is 0.326 e. The molecule has 2 aliphatic heterocycles. The molecule has 0 saturated carbocycles. The number of hydrogen-bond donors (Lipinski definition) is 1. The lowest BCUT2D eigenvalue weighted by molar-refractivity contribution is -0.153. The van der Waals surface area contributed by atoms with Crippen molar-refractivity contribution in [2.75, 3.05) is 0 Å². The Bertz CT molecular complexity index is 485. The zero-order chi connectivity index (χ0) is 13.4. The van der Waals surface area contributed by atoms with Crippen LogP contribution < -0.4 is 0 Å². The van der Waals surface area contributed by atoms with E-state index < -0.39 is 12.0 Å². The summed E-state index contributed by atoms with van der Waals surface area (Å²) in [5.41, 5.74) is 0. The average molecular weight is 279 g/mol. The molecule has 0 spiro atoms. The Kier molecular flexibility index (Phi) is 3.31. The van der Waals surface area contributed by atoms with Gasteiger partial charge in [0.15, 0.2) is 0 Å². The summed E-state index contributed by atoms with van der Waals surface area (Å²) in [6, 6.07) is 3.60. The number of carbonyl (C=O) groups excluding carboxylic acids is 1. The first-order chi connectivity index (χ1) is 9.16. The standard InChI is InChI=1S/C14H17NO3S/c16-13-9(8-11-2-1-7-19-11)3-4-10-5-6-12(14(17)18)15(10)13/h1-2,7,9-10,12H,3-6,8H2,(H,17,18). The molecule has 0 aliphatic carbocycles. The van der Waals surface area contributed by atoms with Gasteiger partial charge >= 0.3 is 5.97 Å². The Balaban J connectivity index is 1.76. The molecule has 0 aromatic carbocycles. The molecule has 2 aliphatic rings. The number of amides is 1. The van der Waals surface area contributed by atoms with Gasteiger partial charge in [-0.05, 0) is 43.6 Å². The molecule has 1 N–H and O–H groups in total. The maximum atomic E-state index is 12.5. The highest BCUT2D eigenvalue weighted by molar-refractivity contribution is 7.09. The predicted molar refractivity (Wildman–Crippen MR) is 72.0 cm³/mol.